The Morgan fingerprint density at radius 2 is 1.88 bits per heavy atom. The van der Waals surface area contributed by atoms with Crippen molar-refractivity contribution >= 4 is 39.1 Å². The van der Waals surface area contributed by atoms with Gasteiger partial charge in [0.25, 0.3) is 10.0 Å². The predicted octanol–water partition coefficient (Wildman–Crippen LogP) is 1.41. The average Bonchev–Trinajstić information content (AvgIpc) is 3.35. The zero-order valence-electron chi connectivity index (χ0n) is 18.6. The van der Waals surface area contributed by atoms with Crippen LogP contribution in [0.5, 0.6) is 0 Å². The molecule has 2 unspecified atom stereocenters. The average molecular weight is 486 g/mol. The lowest BCUT2D eigenvalue weighted by Gasteiger charge is -2.35. The number of piperidine rings is 2. The van der Waals surface area contributed by atoms with E-state index in [4.69, 9.17) is 4.74 Å². The molecule has 3 heterocycles. The Labute approximate surface area is 193 Å². The van der Waals surface area contributed by atoms with E-state index in [1.165, 1.54) is 9.21 Å². The quantitative estimate of drug-likeness (QED) is 0.541. The first-order valence-corrected chi connectivity index (χ1v) is 13.3. The second kappa shape index (κ2) is 10.8. The molecule has 0 saturated carbocycles. The van der Waals surface area contributed by atoms with Gasteiger partial charge in [0.2, 0.25) is 11.8 Å². The summed E-state index contributed by atoms with van der Waals surface area (Å²) in [6, 6.07) is 3.26. The molecule has 32 heavy (non-hydrogen) atoms. The first kappa shape index (κ1) is 24.7. The molecular weight excluding hydrogens is 454 g/mol. The zero-order chi connectivity index (χ0) is 23.3. The van der Waals surface area contributed by atoms with Crippen LogP contribution in [0.3, 0.4) is 0 Å². The summed E-state index contributed by atoms with van der Waals surface area (Å²) in [4.78, 5) is 40.8. The topological polar surface area (TPSA) is 104 Å². The molecule has 2 amide bonds. The van der Waals surface area contributed by atoms with Crippen LogP contribution in [0.4, 0.5) is 0 Å². The van der Waals surface area contributed by atoms with Gasteiger partial charge in [-0.2, -0.15) is 4.31 Å². The Hall–Kier alpha value is -1.98. The Kier molecular flexibility index (Phi) is 8.29. The molecule has 1 aromatic heterocycles. The van der Waals surface area contributed by atoms with Crippen molar-refractivity contribution in [2.75, 3.05) is 46.4 Å². The van der Waals surface area contributed by atoms with E-state index in [0.717, 1.165) is 11.3 Å². The molecule has 0 N–H and O–H groups in total. The van der Waals surface area contributed by atoms with E-state index < -0.39 is 15.9 Å². The van der Waals surface area contributed by atoms with Gasteiger partial charge in [-0.15, -0.1) is 11.3 Å². The summed E-state index contributed by atoms with van der Waals surface area (Å²) in [7, 11) is -2.04. The van der Waals surface area contributed by atoms with Gasteiger partial charge in [-0.3, -0.25) is 14.4 Å². The van der Waals surface area contributed by atoms with E-state index in [-0.39, 0.29) is 41.0 Å². The number of amides is 2. The molecule has 0 spiro atoms. The predicted molar refractivity (Wildman–Crippen MR) is 119 cm³/mol. The molecule has 3 rings (SSSR count). The monoisotopic (exact) mass is 485 g/mol. The van der Waals surface area contributed by atoms with Gasteiger partial charge in [-0.25, -0.2) is 8.42 Å². The third kappa shape index (κ3) is 5.68. The lowest BCUT2D eigenvalue weighted by molar-refractivity contribution is -0.152. The van der Waals surface area contributed by atoms with Crippen molar-refractivity contribution < 1.29 is 27.5 Å². The van der Waals surface area contributed by atoms with Crippen LogP contribution in [0.15, 0.2) is 21.7 Å². The normalized spacial score (nSPS) is 22.4. The summed E-state index contributed by atoms with van der Waals surface area (Å²) in [5.74, 6) is -1.55. The van der Waals surface area contributed by atoms with Gasteiger partial charge < -0.3 is 14.5 Å². The third-order valence-electron chi connectivity index (χ3n) is 5.97. The second-order valence-corrected chi connectivity index (χ2v) is 11.4. The van der Waals surface area contributed by atoms with Crippen LogP contribution in [0.1, 0.15) is 32.6 Å². The Balaban J connectivity index is 1.57. The lowest BCUT2D eigenvalue weighted by Crippen LogP contribution is -2.50. The van der Waals surface area contributed by atoms with Crippen molar-refractivity contribution in [2.24, 2.45) is 11.8 Å². The van der Waals surface area contributed by atoms with Crippen LogP contribution >= 0.6 is 11.3 Å². The molecule has 2 saturated heterocycles. The summed E-state index contributed by atoms with van der Waals surface area (Å²) in [5.41, 5.74) is 0. The minimum atomic E-state index is -3.61. The summed E-state index contributed by atoms with van der Waals surface area (Å²) in [6.45, 7) is 3.32. The van der Waals surface area contributed by atoms with Crippen LogP contribution in [0.2, 0.25) is 0 Å². The number of hydrogen-bond donors (Lipinski definition) is 0. The Bertz CT molecular complexity index is 918. The van der Waals surface area contributed by atoms with Crippen LogP contribution < -0.4 is 0 Å². The molecule has 0 radical (unpaired) electrons. The number of carbonyl (C=O) groups is 3. The van der Waals surface area contributed by atoms with Crippen LogP contribution in [0, 0.1) is 11.8 Å². The van der Waals surface area contributed by atoms with E-state index in [9.17, 15) is 22.8 Å². The van der Waals surface area contributed by atoms with Crippen molar-refractivity contribution in [3.8, 4) is 0 Å². The molecule has 1 aromatic rings. The summed E-state index contributed by atoms with van der Waals surface area (Å²) in [5, 5.41) is 1.71. The van der Waals surface area contributed by atoms with Crippen LogP contribution in [-0.2, 0) is 29.1 Å². The van der Waals surface area contributed by atoms with Gasteiger partial charge >= 0.3 is 5.97 Å². The van der Waals surface area contributed by atoms with Gasteiger partial charge in [-0.1, -0.05) is 6.07 Å². The van der Waals surface area contributed by atoms with E-state index in [1.807, 2.05) is 0 Å². The van der Waals surface area contributed by atoms with E-state index in [0.29, 0.717) is 51.9 Å². The Morgan fingerprint density at radius 3 is 2.56 bits per heavy atom. The third-order valence-corrected chi connectivity index (χ3v) is 9.20. The number of thiophene rings is 1. The molecule has 2 fully saturated rings. The van der Waals surface area contributed by atoms with Gasteiger partial charge in [0.15, 0.2) is 0 Å². The SMILES string of the molecule is CCOC(=O)C1CCCN(C(=O)CN(C)C(=O)C2CCCN(S(=O)(=O)c3cccs3)C2)C1. The molecule has 178 valence electrons. The first-order chi connectivity index (χ1) is 15.2. The number of hydrogen-bond acceptors (Lipinski definition) is 7. The van der Waals surface area contributed by atoms with Crippen molar-refractivity contribution in [1.29, 1.82) is 0 Å². The summed E-state index contributed by atoms with van der Waals surface area (Å²) < 4.78 is 32.4. The molecule has 11 heteroatoms. The van der Waals surface area contributed by atoms with Crippen LogP contribution in [-0.4, -0.2) is 86.7 Å². The fourth-order valence-corrected chi connectivity index (χ4v) is 6.92. The molecule has 2 aliphatic heterocycles. The minimum absolute atomic E-state index is 0.0947. The summed E-state index contributed by atoms with van der Waals surface area (Å²) >= 11 is 1.16. The van der Waals surface area contributed by atoms with Gasteiger partial charge in [-0.05, 0) is 44.1 Å². The number of likely N-dealkylation sites (tertiary alicyclic amines) is 1. The highest BCUT2D eigenvalue weighted by Crippen LogP contribution is 2.27. The number of rotatable bonds is 7. The molecule has 0 aromatic carbocycles. The number of nitrogens with zero attached hydrogens (tertiary/aromatic N) is 3. The highest BCUT2D eigenvalue weighted by molar-refractivity contribution is 7.91. The van der Waals surface area contributed by atoms with E-state index >= 15 is 0 Å². The number of ether oxygens (including phenoxy) is 1. The molecule has 0 bridgehead atoms. The first-order valence-electron chi connectivity index (χ1n) is 11.0. The fourth-order valence-electron chi connectivity index (χ4n) is 4.25. The maximum atomic E-state index is 13.0. The Morgan fingerprint density at radius 1 is 1.16 bits per heavy atom. The van der Waals surface area contributed by atoms with E-state index in [2.05, 4.69) is 0 Å². The van der Waals surface area contributed by atoms with Gasteiger partial charge in [0.05, 0.1) is 25.0 Å². The standard InChI is InChI=1S/C21H31N3O6S2/c1-3-30-21(27)17-8-4-10-23(13-17)18(25)15-22(2)20(26)16-7-5-11-24(14-16)32(28,29)19-9-6-12-31-19/h6,9,12,16-17H,3-5,7-8,10-11,13-15H2,1-2H3. The fraction of sp³-hybridized carbons (Fsp3) is 0.667. The smallest absolute Gasteiger partial charge is 0.310 e. The van der Waals surface area contributed by atoms with Crippen molar-refractivity contribution in [3.63, 3.8) is 0 Å². The highest BCUT2D eigenvalue weighted by atomic mass is 32.2. The van der Waals surface area contributed by atoms with Crippen molar-refractivity contribution in [3.05, 3.63) is 17.5 Å². The van der Waals surface area contributed by atoms with Crippen molar-refractivity contribution in [2.45, 2.75) is 36.8 Å². The minimum Gasteiger partial charge on any atom is -0.466 e. The second-order valence-electron chi connectivity index (χ2n) is 8.26. The molecule has 2 aliphatic rings. The van der Waals surface area contributed by atoms with Crippen molar-refractivity contribution in [1.82, 2.24) is 14.1 Å². The molecule has 9 nitrogen and oxygen atoms in total. The maximum absolute atomic E-state index is 13.0. The molecular formula is C21H31N3O6S2. The molecule has 0 aliphatic carbocycles. The zero-order valence-corrected chi connectivity index (χ0v) is 20.2. The van der Waals surface area contributed by atoms with Crippen LogP contribution in [0.25, 0.3) is 0 Å². The number of carbonyl (C=O) groups excluding carboxylic acids is 3. The van der Waals surface area contributed by atoms with Gasteiger partial charge in [0, 0.05) is 33.2 Å². The lowest BCUT2D eigenvalue weighted by atomic mass is 9.97. The largest absolute Gasteiger partial charge is 0.466 e. The molecule has 2 atom stereocenters. The van der Waals surface area contributed by atoms with Gasteiger partial charge in [0.1, 0.15) is 4.21 Å². The maximum Gasteiger partial charge on any atom is 0.310 e. The highest BCUT2D eigenvalue weighted by Gasteiger charge is 2.36. The number of sulfonamides is 1. The number of esters is 1. The summed E-state index contributed by atoms with van der Waals surface area (Å²) in [6.07, 6.45) is 2.58. The van der Waals surface area contributed by atoms with E-state index in [1.54, 1.807) is 36.4 Å². The number of likely N-dealkylation sites (N-methyl/N-ethyl adjacent to an activating group) is 1.